The van der Waals surface area contributed by atoms with Gasteiger partial charge in [0.15, 0.2) is 0 Å². The molecule has 0 bridgehead atoms. The molecule has 1 aromatic carbocycles. The molecule has 2 aromatic heterocycles. The molecule has 1 aliphatic carbocycles. The molecule has 2 heterocycles. The zero-order valence-corrected chi connectivity index (χ0v) is 13.8. The first-order chi connectivity index (χ1) is 11.8. The Kier molecular flexibility index (Phi) is 4.07. The molecule has 0 saturated carbocycles. The summed E-state index contributed by atoms with van der Waals surface area (Å²) < 4.78 is 0. The number of H-pyrrole nitrogens is 1. The standard InChI is InChI=1S/C19H23N5/c20-18-9-10-21-19(24-18)22-12-13-7-8-17-15(11-13)14-5-3-1-2-4-6-16(14)23-17/h7-11,23H,1-6,12H2,(H3,20,21,22,24). The second kappa shape index (κ2) is 6.51. The van der Waals surface area contributed by atoms with Crippen molar-refractivity contribution in [1.29, 1.82) is 0 Å². The van der Waals surface area contributed by atoms with Crippen molar-refractivity contribution in [3.8, 4) is 0 Å². The lowest BCUT2D eigenvalue weighted by Gasteiger charge is -2.10. The maximum absolute atomic E-state index is 5.70. The van der Waals surface area contributed by atoms with Crippen LogP contribution >= 0.6 is 0 Å². The quantitative estimate of drug-likeness (QED) is 0.685. The van der Waals surface area contributed by atoms with E-state index in [1.807, 2.05) is 0 Å². The predicted molar refractivity (Wildman–Crippen MR) is 97.9 cm³/mol. The fourth-order valence-electron chi connectivity index (χ4n) is 3.56. The first kappa shape index (κ1) is 15.0. The van der Waals surface area contributed by atoms with Crippen LogP contribution in [0.3, 0.4) is 0 Å². The van der Waals surface area contributed by atoms with Gasteiger partial charge in [0.2, 0.25) is 5.95 Å². The van der Waals surface area contributed by atoms with E-state index in [1.165, 1.54) is 66.2 Å². The Morgan fingerprint density at radius 2 is 1.96 bits per heavy atom. The minimum Gasteiger partial charge on any atom is -0.384 e. The number of nitrogens with one attached hydrogen (secondary N) is 2. The minimum atomic E-state index is 0.481. The Bertz CT molecular complexity index is 852. The van der Waals surface area contributed by atoms with E-state index in [0.717, 1.165) is 0 Å². The van der Waals surface area contributed by atoms with E-state index in [4.69, 9.17) is 5.73 Å². The molecule has 3 aromatic rings. The lowest BCUT2D eigenvalue weighted by molar-refractivity contribution is 0.614. The zero-order chi connectivity index (χ0) is 16.4. The van der Waals surface area contributed by atoms with E-state index in [-0.39, 0.29) is 0 Å². The van der Waals surface area contributed by atoms with Gasteiger partial charge in [-0.1, -0.05) is 18.9 Å². The van der Waals surface area contributed by atoms with Crippen molar-refractivity contribution < 1.29 is 0 Å². The molecule has 0 amide bonds. The largest absolute Gasteiger partial charge is 0.384 e. The average Bonchev–Trinajstić information content (AvgIpc) is 2.89. The Labute approximate surface area is 141 Å². The lowest BCUT2D eigenvalue weighted by Crippen LogP contribution is -2.04. The third-order valence-electron chi connectivity index (χ3n) is 4.79. The number of nitrogens with zero attached hydrogens (tertiary/aromatic N) is 2. The number of aromatic amines is 1. The van der Waals surface area contributed by atoms with Gasteiger partial charge in [-0.05, 0) is 55.0 Å². The number of hydrogen-bond donors (Lipinski definition) is 3. The van der Waals surface area contributed by atoms with E-state index < -0.39 is 0 Å². The fourth-order valence-corrected chi connectivity index (χ4v) is 3.56. The van der Waals surface area contributed by atoms with Gasteiger partial charge >= 0.3 is 0 Å². The molecule has 0 atom stereocenters. The van der Waals surface area contributed by atoms with Gasteiger partial charge in [0.1, 0.15) is 5.82 Å². The van der Waals surface area contributed by atoms with Gasteiger partial charge in [0.05, 0.1) is 0 Å². The second-order valence-electron chi connectivity index (χ2n) is 6.53. The topological polar surface area (TPSA) is 79.6 Å². The van der Waals surface area contributed by atoms with E-state index in [1.54, 1.807) is 12.3 Å². The van der Waals surface area contributed by atoms with Gasteiger partial charge in [-0.2, -0.15) is 4.98 Å². The summed E-state index contributed by atoms with van der Waals surface area (Å²) in [4.78, 5) is 12.0. The molecular formula is C19H23N5. The molecule has 0 radical (unpaired) electrons. The van der Waals surface area contributed by atoms with Crippen molar-refractivity contribution in [1.82, 2.24) is 15.0 Å². The van der Waals surface area contributed by atoms with Crippen LogP contribution in [-0.2, 0) is 19.4 Å². The summed E-state index contributed by atoms with van der Waals surface area (Å²) in [5.41, 5.74) is 11.1. The maximum atomic E-state index is 5.70. The van der Waals surface area contributed by atoms with Crippen LogP contribution < -0.4 is 11.1 Å². The van der Waals surface area contributed by atoms with Crippen LogP contribution in [-0.4, -0.2) is 15.0 Å². The van der Waals surface area contributed by atoms with Crippen LogP contribution in [0.1, 0.15) is 42.5 Å². The van der Waals surface area contributed by atoms with Gasteiger partial charge in [-0.25, -0.2) is 4.98 Å². The van der Waals surface area contributed by atoms with Crippen molar-refractivity contribution in [2.75, 3.05) is 11.1 Å². The Hall–Kier alpha value is -2.56. The number of hydrogen-bond acceptors (Lipinski definition) is 4. The summed E-state index contributed by atoms with van der Waals surface area (Å²) in [5, 5.41) is 4.62. The van der Waals surface area contributed by atoms with Gasteiger partial charge < -0.3 is 16.0 Å². The third-order valence-corrected chi connectivity index (χ3v) is 4.79. The first-order valence-electron chi connectivity index (χ1n) is 8.74. The van der Waals surface area contributed by atoms with Gasteiger partial charge in [0, 0.05) is 29.3 Å². The molecule has 24 heavy (non-hydrogen) atoms. The number of anilines is 2. The highest BCUT2D eigenvalue weighted by molar-refractivity contribution is 5.85. The number of aromatic nitrogens is 3. The van der Waals surface area contributed by atoms with Crippen LogP contribution in [0.15, 0.2) is 30.5 Å². The number of nitrogen functional groups attached to an aromatic ring is 1. The van der Waals surface area contributed by atoms with Gasteiger partial charge in [-0.15, -0.1) is 0 Å². The minimum absolute atomic E-state index is 0.481. The van der Waals surface area contributed by atoms with E-state index >= 15 is 0 Å². The smallest absolute Gasteiger partial charge is 0.224 e. The molecule has 4 rings (SSSR count). The van der Waals surface area contributed by atoms with Crippen molar-refractivity contribution in [3.63, 3.8) is 0 Å². The first-order valence-corrected chi connectivity index (χ1v) is 8.74. The lowest BCUT2D eigenvalue weighted by atomic mass is 9.96. The average molecular weight is 321 g/mol. The summed E-state index contributed by atoms with van der Waals surface area (Å²) >= 11 is 0. The molecule has 5 nitrogen and oxygen atoms in total. The molecule has 0 unspecified atom stereocenters. The molecule has 0 spiro atoms. The van der Waals surface area contributed by atoms with Gasteiger partial charge in [-0.3, -0.25) is 0 Å². The fraction of sp³-hybridized carbons (Fsp3) is 0.368. The van der Waals surface area contributed by atoms with Crippen LogP contribution in [0.2, 0.25) is 0 Å². The summed E-state index contributed by atoms with van der Waals surface area (Å²) in [6, 6.07) is 8.34. The molecular weight excluding hydrogens is 298 g/mol. The molecule has 0 saturated heterocycles. The molecule has 5 heteroatoms. The summed E-state index contributed by atoms with van der Waals surface area (Å²) in [6.07, 6.45) is 9.31. The second-order valence-corrected chi connectivity index (χ2v) is 6.53. The Balaban J connectivity index is 1.59. The number of nitrogens with two attached hydrogens (primary N) is 1. The summed E-state index contributed by atoms with van der Waals surface area (Å²) in [6.45, 7) is 0.694. The molecule has 1 aliphatic rings. The van der Waals surface area contributed by atoms with Crippen LogP contribution in [0, 0.1) is 0 Å². The summed E-state index contributed by atoms with van der Waals surface area (Å²) in [7, 11) is 0. The molecule has 0 aliphatic heterocycles. The number of rotatable bonds is 3. The monoisotopic (exact) mass is 321 g/mol. The Morgan fingerprint density at radius 3 is 2.83 bits per heavy atom. The van der Waals surface area contributed by atoms with Crippen LogP contribution in [0.25, 0.3) is 10.9 Å². The van der Waals surface area contributed by atoms with E-state index in [2.05, 4.69) is 38.5 Å². The highest BCUT2D eigenvalue weighted by Crippen LogP contribution is 2.28. The SMILES string of the molecule is Nc1ccnc(NCc2ccc3[nH]c4c(c3c2)CCCCCC4)n1. The molecule has 0 fully saturated rings. The van der Waals surface area contributed by atoms with Crippen molar-refractivity contribution >= 4 is 22.7 Å². The van der Waals surface area contributed by atoms with E-state index in [9.17, 15) is 0 Å². The van der Waals surface area contributed by atoms with Crippen LogP contribution in [0.4, 0.5) is 11.8 Å². The van der Waals surface area contributed by atoms with Gasteiger partial charge in [0.25, 0.3) is 0 Å². The van der Waals surface area contributed by atoms with Crippen molar-refractivity contribution in [2.24, 2.45) is 0 Å². The highest BCUT2D eigenvalue weighted by atomic mass is 15.1. The Morgan fingerprint density at radius 1 is 1.08 bits per heavy atom. The summed E-state index contributed by atoms with van der Waals surface area (Å²) in [5.74, 6) is 1.05. The van der Waals surface area contributed by atoms with E-state index in [0.29, 0.717) is 18.3 Å². The zero-order valence-electron chi connectivity index (χ0n) is 13.8. The van der Waals surface area contributed by atoms with Crippen molar-refractivity contribution in [2.45, 2.75) is 45.1 Å². The number of aryl methyl sites for hydroxylation is 2. The maximum Gasteiger partial charge on any atom is 0.224 e. The number of fused-ring (bicyclic) bond motifs is 3. The molecule has 4 N–H and O–H groups in total. The number of benzene rings is 1. The predicted octanol–water partition coefficient (Wildman–Crippen LogP) is 3.81. The van der Waals surface area contributed by atoms with Crippen molar-refractivity contribution in [3.05, 3.63) is 47.3 Å². The highest BCUT2D eigenvalue weighted by Gasteiger charge is 2.13. The normalized spacial score (nSPS) is 14.8. The third kappa shape index (κ3) is 3.07. The van der Waals surface area contributed by atoms with Crippen LogP contribution in [0.5, 0.6) is 0 Å². The molecule has 124 valence electrons.